The van der Waals surface area contributed by atoms with E-state index in [1.54, 1.807) is 13.1 Å². The number of carbonyl (C=O) groups excluding carboxylic acids is 1. The third-order valence-corrected chi connectivity index (χ3v) is 3.89. The number of amides is 1. The number of nitrogens with one attached hydrogen (secondary N) is 1. The molecule has 1 fully saturated rings. The molecule has 0 spiro atoms. The quantitative estimate of drug-likeness (QED) is 0.925. The topological polar surface area (TPSA) is 80.5 Å². The van der Waals surface area contributed by atoms with Crippen LogP contribution >= 0.6 is 0 Å². The lowest BCUT2D eigenvalue weighted by molar-refractivity contribution is -0.115. The summed E-state index contributed by atoms with van der Waals surface area (Å²) in [6.45, 7) is 6.75. The number of nitrogens with zero attached hydrogens (tertiary/aromatic N) is 3. The fraction of sp³-hybridized carbons (Fsp3) is 0.438. The Morgan fingerprint density at radius 1 is 1.30 bits per heavy atom. The normalized spacial score (nSPS) is 14.8. The first-order valence-electron chi connectivity index (χ1n) is 7.64. The summed E-state index contributed by atoms with van der Waals surface area (Å²) in [5.41, 5.74) is 2.26. The van der Waals surface area contributed by atoms with Crippen molar-refractivity contribution in [3.63, 3.8) is 0 Å². The fourth-order valence-electron chi connectivity index (χ4n) is 2.56. The summed E-state index contributed by atoms with van der Waals surface area (Å²) in [5, 5.41) is 6.71. The number of hydrogen-bond donors (Lipinski definition) is 1. The Bertz CT molecular complexity index is 656. The number of morpholine rings is 1. The lowest BCUT2D eigenvalue weighted by Crippen LogP contribution is -2.36. The molecule has 122 valence electrons. The van der Waals surface area contributed by atoms with E-state index in [4.69, 9.17) is 9.26 Å². The second-order valence-corrected chi connectivity index (χ2v) is 5.53. The van der Waals surface area contributed by atoms with Gasteiger partial charge in [0.2, 0.25) is 5.91 Å². The van der Waals surface area contributed by atoms with Crippen molar-refractivity contribution in [2.45, 2.75) is 20.3 Å². The molecular weight excluding hydrogens is 296 g/mol. The largest absolute Gasteiger partial charge is 0.378 e. The van der Waals surface area contributed by atoms with Crippen molar-refractivity contribution in [2.24, 2.45) is 0 Å². The molecule has 1 aliphatic rings. The summed E-state index contributed by atoms with van der Waals surface area (Å²) < 4.78 is 10.4. The summed E-state index contributed by atoms with van der Waals surface area (Å²) >= 11 is 0. The highest BCUT2D eigenvalue weighted by molar-refractivity contribution is 5.92. The van der Waals surface area contributed by atoms with Gasteiger partial charge in [0.25, 0.3) is 0 Å². The third-order valence-electron chi connectivity index (χ3n) is 3.89. The number of rotatable bonds is 4. The molecule has 0 aliphatic carbocycles. The maximum absolute atomic E-state index is 12.1. The van der Waals surface area contributed by atoms with Crippen LogP contribution in [0.3, 0.4) is 0 Å². The lowest BCUT2D eigenvalue weighted by atomic mass is 10.1. The molecule has 0 unspecified atom stereocenters. The minimum absolute atomic E-state index is 0.111. The summed E-state index contributed by atoms with van der Waals surface area (Å²) in [5.74, 6) is 1.47. The van der Waals surface area contributed by atoms with Crippen molar-refractivity contribution in [3.8, 4) is 0 Å². The maximum atomic E-state index is 12.1. The zero-order valence-corrected chi connectivity index (χ0v) is 13.3. The molecule has 2 aromatic heterocycles. The van der Waals surface area contributed by atoms with Gasteiger partial charge in [-0.05, 0) is 26.0 Å². The van der Waals surface area contributed by atoms with Crippen LogP contribution in [-0.4, -0.2) is 42.4 Å². The highest BCUT2D eigenvalue weighted by atomic mass is 16.5. The average molecular weight is 316 g/mol. The number of anilines is 2. The zero-order chi connectivity index (χ0) is 16.2. The van der Waals surface area contributed by atoms with Crippen molar-refractivity contribution in [1.82, 2.24) is 10.1 Å². The molecule has 23 heavy (non-hydrogen) atoms. The van der Waals surface area contributed by atoms with E-state index in [-0.39, 0.29) is 12.3 Å². The Labute approximate surface area is 134 Å². The monoisotopic (exact) mass is 316 g/mol. The van der Waals surface area contributed by atoms with Crippen LogP contribution in [0.1, 0.15) is 17.0 Å². The van der Waals surface area contributed by atoms with Gasteiger partial charge in [-0.1, -0.05) is 5.16 Å². The number of carbonyl (C=O) groups is 1. The molecule has 0 saturated carbocycles. The summed E-state index contributed by atoms with van der Waals surface area (Å²) in [4.78, 5) is 18.7. The van der Waals surface area contributed by atoms with Crippen LogP contribution in [0.25, 0.3) is 0 Å². The van der Waals surface area contributed by atoms with Crippen LogP contribution in [0.2, 0.25) is 0 Å². The molecule has 0 radical (unpaired) electrons. The van der Waals surface area contributed by atoms with Crippen molar-refractivity contribution in [3.05, 3.63) is 35.3 Å². The molecule has 0 bridgehead atoms. The van der Waals surface area contributed by atoms with Gasteiger partial charge in [-0.2, -0.15) is 0 Å². The van der Waals surface area contributed by atoms with Crippen molar-refractivity contribution in [1.29, 1.82) is 0 Å². The zero-order valence-electron chi connectivity index (χ0n) is 13.3. The van der Waals surface area contributed by atoms with Crippen LogP contribution in [0.4, 0.5) is 11.5 Å². The Morgan fingerprint density at radius 3 is 2.70 bits per heavy atom. The van der Waals surface area contributed by atoms with Gasteiger partial charge in [0.1, 0.15) is 11.6 Å². The maximum Gasteiger partial charge on any atom is 0.229 e. The second kappa shape index (κ2) is 6.78. The van der Waals surface area contributed by atoms with Gasteiger partial charge < -0.3 is 19.5 Å². The number of hydrogen-bond acceptors (Lipinski definition) is 6. The number of aryl methyl sites for hydroxylation is 2. The Kier molecular flexibility index (Phi) is 4.57. The minimum atomic E-state index is -0.111. The molecular formula is C16H20N4O3. The van der Waals surface area contributed by atoms with E-state index in [0.717, 1.165) is 43.4 Å². The number of aromatic nitrogens is 2. The van der Waals surface area contributed by atoms with Gasteiger partial charge >= 0.3 is 0 Å². The molecule has 1 saturated heterocycles. The molecule has 0 atom stereocenters. The summed E-state index contributed by atoms with van der Waals surface area (Å²) in [6, 6.07) is 3.78. The van der Waals surface area contributed by atoms with Crippen LogP contribution in [0.15, 0.2) is 22.9 Å². The highest BCUT2D eigenvalue weighted by Crippen LogP contribution is 2.17. The molecule has 7 nitrogen and oxygen atoms in total. The first kappa shape index (κ1) is 15.5. The van der Waals surface area contributed by atoms with Crippen LogP contribution in [0, 0.1) is 13.8 Å². The van der Waals surface area contributed by atoms with Gasteiger partial charge in [-0.3, -0.25) is 4.79 Å². The Morgan fingerprint density at radius 2 is 2.09 bits per heavy atom. The van der Waals surface area contributed by atoms with Crippen LogP contribution < -0.4 is 10.2 Å². The summed E-state index contributed by atoms with van der Waals surface area (Å²) in [6.07, 6.45) is 1.92. The fourth-order valence-corrected chi connectivity index (χ4v) is 2.56. The van der Waals surface area contributed by atoms with Gasteiger partial charge in [0.05, 0.1) is 37.2 Å². The van der Waals surface area contributed by atoms with Crippen molar-refractivity contribution in [2.75, 3.05) is 36.5 Å². The predicted molar refractivity (Wildman–Crippen MR) is 85.6 cm³/mol. The number of pyridine rings is 1. The van der Waals surface area contributed by atoms with E-state index < -0.39 is 0 Å². The molecule has 3 rings (SSSR count). The molecule has 2 aromatic rings. The predicted octanol–water partition coefficient (Wildman–Crippen LogP) is 1.70. The van der Waals surface area contributed by atoms with E-state index in [2.05, 4.69) is 20.4 Å². The van der Waals surface area contributed by atoms with Gasteiger partial charge in [0, 0.05) is 18.7 Å². The first-order chi connectivity index (χ1) is 11.1. The van der Waals surface area contributed by atoms with E-state index in [0.29, 0.717) is 11.4 Å². The highest BCUT2D eigenvalue weighted by Gasteiger charge is 2.15. The van der Waals surface area contributed by atoms with Crippen LogP contribution in [0.5, 0.6) is 0 Å². The Balaban J connectivity index is 1.60. The molecule has 0 aromatic carbocycles. The summed E-state index contributed by atoms with van der Waals surface area (Å²) in [7, 11) is 0. The standard InChI is InChI=1S/C16H20N4O3/c1-11-14(12(2)23-19-11)9-16(21)18-13-3-4-15(17-10-13)20-5-7-22-8-6-20/h3-4,10H,5-9H2,1-2H3,(H,18,21). The number of ether oxygens (including phenoxy) is 1. The molecule has 1 amide bonds. The SMILES string of the molecule is Cc1noc(C)c1CC(=O)Nc1ccc(N2CCOCC2)nc1. The Hall–Kier alpha value is -2.41. The van der Waals surface area contributed by atoms with E-state index >= 15 is 0 Å². The molecule has 7 heteroatoms. The van der Waals surface area contributed by atoms with E-state index in [9.17, 15) is 4.79 Å². The molecule has 1 aliphatic heterocycles. The van der Waals surface area contributed by atoms with E-state index in [1.165, 1.54) is 0 Å². The van der Waals surface area contributed by atoms with Gasteiger partial charge in [-0.25, -0.2) is 4.98 Å². The minimum Gasteiger partial charge on any atom is -0.378 e. The third kappa shape index (κ3) is 3.68. The van der Waals surface area contributed by atoms with Crippen molar-refractivity contribution >= 4 is 17.4 Å². The average Bonchev–Trinajstić information content (AvgIpc) is 2.88. The first-order valence-corrected chi connectivity index (χ1v) is 7.64. The molecule has 1 N–H and O–H groups in total. The molecule has 3 heterocycles. The van der Waals surface area contributed by atoms with E-state index in [1.807, 2.05) is 19.1 Å². The smallest absolute Gasteiger partial charge is 0.229 e. The van der Waals surface area contributed by atoms with Crippen LogP contribution in [-0.2, 0) is 16.0 Å². The van der Waals surface area contributed by atoms with Gasteiger partial charge in [-0.15, -0.1) is 0 Å². The van der Waals surface area contributed by atoms with Crippen molar-refractivity contribution < 1.29 is 14.1 Å². The lowest BCUT2D eigenvalue weighted by Gasteiger charge is -2.27. The van der Waals surface area contributed by atoms with Gasteiger partial charge in [0.15, 0.2) is 0 Å². The second-order valence-electron chi connectivity index (χ2n) is 5.53.